The van der Waals surface area contributed by atoms with Crippen molar-refractivity contribution in [3.05, 3.63) is 90.5 Å². The standard InChI is InChI=1S/C25H17N3/c1-16-10-11-17-12-13-18(15-19(17)14-16)24-26-27-25-22-8-3-2-6-20(22)21-7-4-5-9-23(21)28(24)25/h2-15H,1H3. The Labute approximate surface area is 161 Å². The minimum atomic E-state index is 0.875. The van der Waals surface area contributed by atoms with Crippen LogP contribution in [-0.2, 0) is 0 Å². The normalized spacial score (nSPS) is 11.8. The number of pyridine rings is 1. The molecule has 0 N–H and O–H groups in total. The lowest BCUT2D eigenvalue weighted by Crippen LogP contribution is -1.94. The molecule has 3 heteroatoms. The molecule has 0 saturated heterocycles. The van der Waals surface area contributed by atoms with Crippen LogP contribution in [0.2, 0.25) is 0 Å². The second kappa shape index (κ2) is 5.64. The van der Waals surface area contributed by atoms with Crippen LogP contribution in [0.5, 0.6) is 0 Å². The van der Waals surface area contributed by atoms with Crippen molar-refractivity contribution >= 4 is 38.1 Å². The van der Waals surface area contributed by atoms with Gasteiger partial charge in [0.25, 0.3) is 0 Å². The average Bonchev–Trinajstić information content (AvgIpc) is 3.19. The van der Waals surface area contributed by atoms with Gasteiger partial charge in [0.15, 0.2) is 11.5 Å². The fourth-order valence-electron chi connectivity index (χ4n) is 4.19. The zero-order valence-corrected chi connectivity index (χ0v) is 15.4. The van der Waals surface area contributed by atoms with Crippen LogP contribution in [0.25, 0.3) is 49.5 Å². The highest BCUT2D eigenvalue weighted by Crippen LogP contribution is 2.32. The van der Waals surface area contributed by atoms with E-state index in [1.807, 2.05) is 0 Å². The van der Waals surface area contributed by atoms with E-state index in [9.17, 15) is 0 Å². The van der Waals surface area contributed by atoms with Crippen LogP contribution in [-0.4, -0.2) is 14.6 Å². The topological polar surface area (TPSA) is 30.2 Å². The Morgan fingerprint density at radius 3 is 2.29 bits per heavy atom. The van der Waals surface area contributed by atoms with Crippen molar-refractivity contribution in [2.45, 2.75) is 6.92 Å². The molecular weight excluding hydrogens is 342 g/mol. The fraction of sp³-hybridized carbons (Fsp3) is 0.0400. The summed E-state index contributed by atoms with van der Waals surface area (Å²) in [5, 5.41) is 15.2. The molecule has 0 spiro atoms. The second-order valence-corrected chi connectivity index (χ2v) is 7.31. The molecule has 0 aliphatic heterocycles. The molecule has 0 atom stereocenters. The Morgan fingerprint density at radius 2 is 1.39 bits per heavy atom. The number of hydrogen-bond acceptors (Lipinski definition) is 2. The van der Waals surface area contributed by atoms with Gasteiger partial charge in [0, 0.05) is 16.3 Å². The van der Waals surface area contributed by atoms with Gasteiger partial charge in [0.2, 0.25) is 0 Å². The van der Waals surface area contributed by atoms with Gasteiger partial charge in [-0.1, -0.05) is 78.4 Å². The number of rotatable bonds is 1. The predicted octanol–water partition coefficient (Wildman–Crippen LogP) is 6.16. The van der Waals surface area contributed by atoms with E-state index in [1.165, 1.54) is 27.1 Å². The molecule has 0 aliphatic rings. The molecule has 0 fully saturated rings. The molecule has 0 bridgehead atoms. The predicted molar refractivity (Wildman–Crippen MR) is 116 cm³/mol. The third kappa shape index (κ3) is 2.10. The molecule has 0 unspecified atom stereocenters. The molecule has 0 aliphatic carbocycles. The molecular formula is C25H17N3. The van der Waals surface area contributed by atoms with Crippen LogP contribution in [0.15, 0.2) is 84.9 Å². The maximum Gasteiger partial charge on any atom is 0.169 e. The molecule has 4 aromatic carbocycles. The van der Waals surface area contributed by atoms with Gasteiger partial charge >= 0.3 is 0 Å². The summed E-state index contributed by atoms with van der Waals surface area (Å²) < 4.78 is 2.19. The lowest BCUT2D eigenvalue weighted by atomic mass is 10.0. The van der Waals surface area contributed by atoms with E-state index in [-0.39, 0.29) is 0 Å². The maximum atomic E-state index is 4.61. The van der Waals surface area contributed by atoms with Gasteiger partial charge in [-0.25, -0.2) is 0 Å². The molecule has 0 radical (unpaired) electrons. The minimum absolute atomic E-state index is 0.875. The number of nitrogens with zero attached hydrogens (tertiary/aromatic N) is 3. The van der Waals surface area contributed by atoms with E-state index in [1.54, 1.807) is 0 Å². The SMILES string of the molecule is Cc1ccc2ccc(-c3nnc4c5ccccc5c5ccccc5n34)cc2c1. The number of para-hydroxylation sites is 1. The maximum absolute atomic E-state index is 4.61. The summed E-state index contributed by atoms with van der Waals surface area (Å²) >= 11 is 0. The largest absolute Gasteiger partial charge is 0.274 e. The van der Waals surface area contributed by atoms with E-state index in [0.717, 1.165) is 27.9 Å². The summed E-state index contributed by atoms with van der Waals surface area (Å²) in [6.45, 7) is 2.12. The van der Waals surface area contributed by atoms with Crippen molar-refractivity contribution in [1.82, 2.24) is 14.6 Å². The number of benzene rings is 4. The van der Waals surface area contributed by atoms with Gasteiger partial charge in [-0.05, 0) is 35.2 Å². The molecule has 0 saturated carbocycles. The zero-order chi connectivity index (χ0) is 18.7. The fourth-order valence-corrected chi connectivity index (χ4v) is 4.19. The van der Waals surface area contributed by atoms with Gasteiger partial charge in [-0.15, -0.1) is 10.2 Å². The van der Waals surface area contributed by atoms with Crippen molar-refractivity contribution in [3.63, 3.8) is 0 Å². The summed E-state index contributed by atoms with van der Waals surface area (Å²) in [5.74, 6) is 0.875. The van der Waals surface area contributed by atoms with Gasteiger partial charge < -0.3 is 0 Å². The Kier molecular flexibility index (Phi) is 3.09. The third-order valence-corrected chi connectivity index (χ3v) is 5.52. The van der Waals surface area contributed by atoms with Gasteiger partial charge in [-0.2, -0.15) is 0 Å². The van der Waals surface area contributed by atoms with E-state index >= 15 is 0 Å². The van der Waals surface area contributed by atoms with Crippen LogP contribution in [0.1, 0.15) is 5.56 Å². The summed E-state index contributed by atoms with van der Waals surface area (Å²) in [5.41, 5.74) is 4.35. The molecule has 2 aromatic heterocycles. The van der Waals surface area contributed by atoms with Crippen molar-refractivity contribution in [3.8, 4) is 11.4 Å². The van der Waals surface area contributed by atoms with Gasteiger partial charge in [0.05, 0.1) is 5.52 Å². The number of aromatic nitrogens is 3. The van der Waals surface area contributed by atoms with Gasteiger partial charge in [-0.3, -0.25) is 4.40 Å². The van der Waals surface area contributed by atoms with E-state index in [4.69, 9.17) is 0 Å². The molecule has 6 rings (SSSR count). The lowest BCUT2D eigenvalue weighted by molar-refractivity contribution is 1.12. The number of fused-ring (bicyclic) bond motifs is 7. The van der Waals surface area contributed by atoms with E-state index in [2.05, 4.69) is 106 Å². The van der Waals surface area contributed by atoms with Crippen LogP contribution < -0.4 is 0 Å². The van der Waals surface area contributed by atoms with E-state index in [0.29, 0.717) is 0 Å². The molecule has 0 amide bonds. The van der Waals surface area contributed by atoms with Crippen LogP contribution >= 0.6 is 0 Å². The second-order valence-electron chi connectivity index (χ2n) is 7.31. The van der Waals surface area contributed by atoms with E-state index < -0.39 is 0 Å². The minimum Gasteiger partial charge on any atom is -0.274 e. The third-order valence-electron chi connectivity index (χ3n) is 5.52. The average molecular weight is 359 g/mol. The van der Waals surface area contributed by atoms with Crippen molar-refractivity contribution in [1.29, 1.82) is 0 Å². The lowest BCUT2D eigenvalue weighted by Gasteiger charge is -2.10. The van der Waals surface area contributed by atoms with Crippen molar-refractivity contribution in [2.75, 3.05) is 0 Å². The van der Waals surface area contributed by atoms with Crippen LogP contribution in [0, 0.1) is 6.92 Å². The first-order chi connectivity index (χ1) is 13.8. The summed E-state index contributed by atoms with van der Waals surface area (Å²) in [4.78, 5) is 0. The van der Waals surface area contributed by atoms with Gasteiger partial charge in [0.1, 0.15) is 0 Å². The Bertz CT molecular complexity index is 1530. The number of hydrogen-bond donors (Lipinski definition) is 0. The molecule has 3 nitrogen and oxygen atoms in total. The first kappa shape index (κ1) is 15.3. The molecule has 28 heavy (non-hydrogen) atoms. The monoisotopic (exact) mass is 359 g/mol. The summed E-state index contributed by atoms with van der Waals surface area (Å²) in [7, 11) is 0. The zero-order valence-electron chi connectivity index (χ0n) is 15.4. The molecule has 2 heterocycles. The summed E-state index contributed by atoms with van der Waals surface area (Å²) in [6, 6.07) is 29.9. The molecule has 6 aromatic rings. The van der Waals surface area contributed by atoms with Crippen molar-refractivity contribution < 1.29 is 0 Å². The molecule has 132 valence electrons. The highest BCUT2D eigenvalue weighted by molar-refractivity contribution is 6.12. The van der Waals surface area contributed by atoms with Crippen molar-refractivity contribution in [2.24, 2.45) is 0 Å². The highest BCUT2D eigenvalue weighted by Gasteiger charge is 2.15. The quantitative estimate of drug-likeness (QED) is 0.329. The summed E-state index contributed by atoms with van der Waals surface area (Å²) in [6.07, 6.45) is 0. The highest BCUT2D eigenvalue weighted by atomic mass is 15.2. The number of aryl methyl sites for hydroxylation is 1. The Hall–Kier alpha value is -3.72. The van der Waals surface area contributed by atoms with Crippen LogP contribution in [0.4, 0.5) is 0 Å². The smallest absolute Gasteiger partial charge is 0.169 e. The Morgan fingerprint density at radius 1 is 0.643 bits per heavy atom. The van der Waals surface area contributed by atoms with Crippen LogP contribution in [0.3, 0.4) is 0 Å². The Balaban J connectivity index is 1.76. The first-order valence-electron chi connectivity index (χ1n) is 9.45. The first-order valence-corrected chi connectivity index (χ1v) is 9.45.